The number of benzene rings is 1. The van der Waals surface area contributed by atoms with Crippen LogP contribution in [0.25, 0.3) is 0 Å². The maximum atomic E-state index is 13.6. The van der Waals surface area contributed by atoms with Gasteiger partial charge in [0.05, 0.1) is 17.7 Å². The third-order valence-corrected chi connectivity index (χ3v) is 2.97. The number of pyridine rings is 1. The Labute approximate surface area is 131 Å². The van der Waals surface area contributed by atoms with Crippen molar-refractivity contribution >= 4 is 29.2 Å². The van der Waals surface area contributed by atoms with Crippen LogP contribution in [0.4, 0.5) is 10.1 Å². The number of amides is 1. The minimum atomic E-state index is -0.670. The zero-order valence-corrected chi connectivity index (χ0v) is 12.4. The molecule has 0 aliphatic heterocycles. The summed E-state index contributed by atoms with van der Waals surface area (Å²) in [6.07, 6.45) is 1.44. The average molecular weight is 323 g/mol. The molecule has 1 N–H and O–H groups in total. The van der Waals surface area contributed by atoms with Gasteiger partial charge >= 0.3 is 5.97 Å². The number of anilines is 1. The van der Waals surface area contributed by atoms with Crippen molar-refractivity contribution in [2.24, 2.45) is 0 Å². The molecule has 0 radical (unpaired) electrons. The van der Waals surface area contributed by atoms with Crippen LogP contribution >= 0.6 is 11.6 Å². The molecule has 0 unspecified atom stereocenters. The lowest BCUT2D eigenvalue weighted by Gasteiger charge is -2.08. The number of nitrogens with zero attached hydrogens (tertiary/aromatic N) is 1. The summed E-state index contributed by atoms with van der Waals surface area (Å²) in [5.74, 6) is -1.89. The molecule has 1 heterocycles. The first-order valence-electron chi connectivity index (χ1n) is 6.41. The molecule has 0 aliphatic carbocycles. The topological polar surface area (TPSA) is 68.3 Å². The first kappa shape index (κ1) is 15.9. The van der Waals surface area contributed by atoms with E-state index in [-0.39, 0.29) is 28.6 Å². The smallest absolute Gasteiger partial charge is 0.338 e. The number of ether oxygens (including phenoxy) is 1. The lowest BCUT2D eigenvalue weighted by Crippen LogP contribution is -2.14. The first-order valence-corrected chi connectivity index (χ1v) is 6.78. The zero-order chi connectivity index (χ0) is 16.1. The Morgan fingerprint density at radius 2 is 2.14 bits per heavy atom. The fourth-order valence-corrected chi connectivity index (χ4v) is 1.95. The van der Waals surface area contributed by atoms with Crippen molar-refractivity contribution in [2.75, 3.05) is 11.9 Å². The molecular weight excluding hydrogens is 311 g/mol. The predicted molar refractivity (Wildman–Crippen MR) is 79.6 cm³/mol. The molecule has 2 aromatic rings. The number of hydrogen-bond acceptors (Lipinski definition) is 4. The number of aromatic nitrogens is 1. The first-order chi connectivity index (χ1) is 10.5. The molecule has 0 aliphatic rings. The van der Waals surface area contributed by atoms with E-state index >= 15 is 0 Å². The van der Waals surface area contributed by atoms with Crippen LogP contribution in [0.2, 0.25) is 5.15 Å². The summed E-state index contributed by atoms with van der Waals surface area (Å²) >= 11 is 5.82. The Hall–Kier alpha value is -2.47. The number of hydrogen-bond donors (Lipinski definition) is 1. The molecule has 0 atom stereocenters. The molecule has 0 bridgehead atoms. The molecule has 1 amide bonds. The summed E-state index contributed by atoms with van der Waals surface area (Å²) in [7, 11) is 0. The largest absolute Gasteiger partial charge is 0.462 e. The van der Waals surface area contributed by atoms with Crippen LogP contribution in [0.3, 0.4) is 0 Å². The van der Waals surface area contributed by atoms with E-state index in [1.165, 1.54) is 18.3 Å². The van der Waals surface area contributed by atoms with E-state index in [1.807, 2.05) is 0 Å². The highest BCUT2D eigenvalue weighted by atomic mass is 35.5. The Morgan fingerprint density at radius 3 is 2.82 bits per heavy atom. The van der Waals surface area contributed by atoms with Crippen LogP contribution in [0.5, 0.6) is 0 Å². The minimum Gasteiger partial charge on any atom is -0.462 e. The molecule has 2 rings (SSSR count). The van der Waals surface area contributed by atoms with Crippen molar-refractivity contribution in [3.05, 3.63) is 58.6 Å². The van der Waals surface area contributed by atoms with Gasteiger partial charge in [-0.05, 0) is 37.3 Å². The van der Waals surface area contributed by atoms with Gasteiger partial charge in [-0.25, -0.2) is 14.2 Å². The molecule has 5 nitrogen and oxygen atoms in total. The zero-order valence-electron chi connectivity index (χ0n) is 11.6. The van der Waals surface area contributed by atoms with E-state index in [2.05, 4.69) is 10.3 Å². The van der Waals surface area contributed by atoms with Gasteiger partial charge in [0.2, 0.25) is 0 Å². The van der Waals surface area contributed by atoms with Crippen LogP contribution in [0.15, 0.2) is 36.5 Å². The monoisotopic (exact) mass is 322 g/mol. The fourth-order valence-electron chi connectivity index (χ4n) is 1.75. The van der Waals surface area contributed by atoms with Gasteiger partial charge in [0.25, 0.3) is 5.91 Å². The second-order valence-corrected chi connectivity index (χ2v) is 4.60. The van der Waals surface area contributed by atoms with Crippen molar-refractivity contribution in [3.63, 3.8) is 0 Å². The van der Waals surface area contributed by atoms with Crippen LogP contribution < -0.4 is 5.32 Å². The Morgan fingerprint density at radius 1 is 1.36 bits per heavy atom. The highest BCUT2D eigenvalue weighted by Crippen LogP contribution is 2.18. The number of nitrogens with one attached hydrogen (secondary N) is 1. The van der Waals surface area contributed by atoms with Crippen LogP contribution in [0.1, 0.15) is 27.6 Å². The number of halogens is 2. The van der Waals surface area contributed by atoms with Gasteiger partial charge in [-0.15, -0.1) is 0 Å². The average Bonchev–Trinajstić information content (AvgIpc) is 2.47. The summed E-state index contributed by atoms with van der Waals surface area (Å²) in [5.41, 5.74) is 0.272. The quantitative estimate of drug-likeness (QED) is 0.692. The van der Waals surface area contributed by atoms with E-state index in [1.54, 1.807) is 13.0 Å². The molecular formula is C15H12ClFN2O3. The molecule has 0 fully saturated rings. The van der Waals surface area contributed by atoms with E-state index in [9.17, 15) is 14.0 Å². The van der Waals surface area contributed by atoms with Gasteiger partial charge in [-0.2, -0.15) is 0 Å². The van der Waals surface area contributed by atoms with E-state index in [0.717, 1.165) is 12.1 Å². The van der Waals surface area contributed by atoms with Gasteiger partial charge in [0, 0.05) is 11.9 Å². The summed E-state index contributed by atoms with van der Waals surface area (Å²) in [6.45, 7) is 1.81. The number of esters is 1. The number of carbonyl (C=O) groups is 2. The van der Waals surface area contributed by atoms with Crippen LogP contribution in [-0.2, 0) is 4.74 Å². The molecule has 1 aromatic heterocycles. The molecule has 114 valence electrons. The Bertz CT molecular complexity index is 722. The van der Waals surface area contributed by atoms with Gasteiger partial charge < -0.3 is 10.1 Å². The third-order valence-electron chi connectivity index (χ3n) is 2.67. The van der Waals surface area contributed by atoms with Gasteiger partial charge in [0.15, 0.2) is 0 Å². The number of carbonyl (C=O) groups excluding carboxylic acids is 2. The molecule has 0 saturated carbocycles. The maximum Gasteiger partial charge on any atom is 0.338 e. The standard InChI is InChI=1S/C15H12ClFN2O3/c1-2-22-15(21)9-6-10(17)8-11(7-9)19-14(20)12-4-3-5-18-13(12)16/h3-8H,2H2,1H3,(H,19,20). The Kier molecular flexibility index (Phi) is 5.06. The van der Waals surface area contributed by atoms with Crippen molar-refractivity contribution in [1.29, 1.82) is 0 Å². The summed E-state index contributed by atoms with van der Waals surface area (Å²) < 4.78 is 18.4. The van der Waals surface area contributed by atoms with Gasteiger partial charge in [-0.3, -0.25) is 4.79 Å². The molecule has 7 heteroatoms. The maximum absolute atomic E-state index is 13.6. The molecule has 0 saturated heterocycles. The van der Waals surface area contributed by atoms with Crippen molar-refractivity contribution in [2.45, 2.75) is 6.92 Å². The fraction of sp³-hybridized carbons (Fsp3) is 0.133. The normalized spacial score (nSPS) is 10.1. The van der Waals surface area contributed by atoms with Crippen molar-refractivity contribution in [1.82, 2.24) is 4.98 Å². The van der Waals surface area contributed by atoms with Crippen molar-refractivity contribution < 1.29 is 18.7 Å². The second-order valence-electron chi connectivity index (χ2n) is 4.24. The predicted octanol–water partition coefficient (Wildman–Crippen LogP) is 3.30. The lowest BCUT2D eigenvalue weighted by atomic mass is 10.2. The van der Waals surface area contributed by atoms with Crippen LogP contribution in [0, 0.1) is 5.82 Å². The summed E-state index contributed by atoms with van der Waals surface area (Å²) in [5, 5.41) is 2.50. The summed E-state index contributed by atoms with van der Waals surface area (Å²) in [4.78, 5) is 27.5. The second kappa shape index (κ2) is 7.00. The van der Waals surface area contributed by atoms with Gasteiger partial charge in [-0.1, -0.05) is 11.6 Å². The minimum absolute atomic E-state index is 0.00873. The number of rotatable bonds is 4. The van der Waals surface area contributed by atoms with Crippen molar-refractivity contribution in [3.8, 4) is 0 Å². The SMILES string of the molecule is CCOC(=O)c1cc(F)cc(NC(=O)c2cccnc2Cl)c1. The molecule has 1 aromatic carbocycles. The van der Waals surface area contributed by atoms with Gasteiger partial charge in [0.1, 0.15) is 11.0 Å². The highest BCUT2D eigenvalue weighted by molar-refractivity contribution is 6.33. The van der Waals surface area contributed by atoms with E-state index in [4.69, 9.17) is 16.3 Å². The third kappa shape index (κ3) is 3.79. The highest BCUT2D eigenvalue weighted by Gasteiger charge is 2.14. The Balaban J connectivity index is 2.24. The lowest BCUT2D eigenvalue weighted by molar-refractivity contribution is 0.0525. The molecule has 0 spiro atoms. The van der Waals surface area contributed by atoms with Crippen LogP contribution in [-0.4, -0.2) is 23.5 Å². The van der Waals surface area contributed by atoms with E-state index in [0.29, 0.717) is 0 Å². The summed E-state index contributed by atoms with van der Waals surface area (Å²) in [6, 6.07) is 6.48. The van der Waals surface area contributed by atoms with E-state index < -0.39 is 17.7 Å². The molecule has 22 heavy (non-hydrogen) atoms.